The van der Waals surface area contributed by atoms with Gasteiger partial charge in [-0.2, -0.15) is 0 Å². The quantitative estimate of drug-likeness (QED) is 0.429. The van der Waals surface area contributed by atoms with E-state index in [4.69, 9.17) is 20.1 Å². The lowest BCUT2D eigenvalue weighted by Gasteiger charge is -2.16. The highest BCUT2D eigenvalue weighted by molar-refractivity contribution is 4.92. The smallest absolute Gasteiger partial charge is 0.115 e. The van der Waals surface area contributed by atoms with Crippen LogP contribution in [0.1, 0.15) is 6.92 Å². The van der Waals surface area contributed by atoms with Gasteiger partial charge >= 0.3 is 0 Å². The molecule has 1 fully saturated rings. The maximum atomic E-state index is 9.06. The molecule has 0 saturated carbocycles. The van der Waals surface area contributed by atoms with Crippen LogP contribution >= 0.6 is 0 Å². The summed E-state index contributed by atoms with van der Waals surface area (Å²) in [5, 5.41) is 26.9. The van der Waals surface area contributed by atoms with Crippen LogP contribution in [-0.2, 0) is 4.74 Å². The van der Waals surface area contributed by atoms with Crippen LogP contribution in [0.2, 0.25) is 0 Å². The third-order valence-electron chi connectivity index (χ3n) is 1.54. The van der Waals surface area contributed by atoms with Gasteiger partial charge in [0.25, 0.3) is 0 Å². The second kappa shape index (κ2) is 2.84. The van der Waals surface area contributed by atoms with Crippen LogP contribution in [0.15, 0.2) is 0 Å². The molecule has 59 valence electrons. The van der Waals surface area contributed by atoms with Crippen LogP contribution in [0.3, 0.4) is 0 Å². The van der Waals surface area contributed by atoms with Gasteiger partial charge in [-0.1, -0.05) is 0 Å². The van der Waals surface area contributed by atoms with Crippen LogP contribution in [0.4, 0.5) is 0 Å². The Morgan fingerprint density at radius 2 is 2.10 bits per heavy atom. The molecule has 0 spiro atoms. The zero-order chi connectivity index (χ0) is 7.72. The fourth-order valence-corrected chi connectivity index (χ4v) is 0.926. The molecule has 0 unspecified atom stereocenters. The van der Waals surface area contributed by atoms with Crippen molar-refractivity contribution in [2.75, 3.05) is 0 Å². The molecular formula is C6H11O4. The van der Waals surface area contributed by atoms with Gasteiger partial charge in [-0.15, -0.1) is 0 Å². The summed E-state index contributed by atoms with van der Waals surface area (Å²) in [4.78, 5) is 0. The zero-order valence-corrected chi connectivity index (χ0v) is 5.64. The van der Waals surface area contributed by atoms with Gasteiger partial charge in [0.05, 0.1) is 6.10 Å². The first-order chi connectivity index (χ1) is 4.63. The van der Waals surface area contributed by atoms with Crippen molar-refractivity contribution in [3.8, 4) is 0 Å². The maximum Gasteiger partial charge on any atom is 0.115 e. The molecule has 0 aromatic rings. The molecule has 3 N–H and O–H groups in total. The Balaban J connectivity index is 2.49. The first-order valence-corrected chi connectivity index (χ1v) is 3.16. The average molecular weight is 147 g/mol. The SMILES string of the molecule is C[C@@H](O)[C@H]1O[CH][C@@H](O)[C@H]1O. The first kappa shape index (κ1) is 7.94. The fraction of sp³-hybridized carbons (Fsp3) is 0.833. The molecular weight excluding hydrogens is 136 g/mol. The van der Waals surface area contributed by atoms with E-state index in [1.165, 1.54) is 6.92 Å². The van der Waals surface area contributed by atoms with Crippen LogP contribution in [0.25, 0.3) is 0 Å². The Hall–Kier alpha value is -0.160. The van der Waals surface area contributed by atoms with E-state index in [9.17, 15) is 0 Å². The molecule has 10 heavy (non-hydrogen) atoms. The van der Waals surface area contributed by atoms with Gasteiger partial charge in [-0.25, -0.2) is 0 Å². The maximum absolute atomic E-state index is 9.06. The molecule has 0 bridgehead atoms. The van der Waals surface area contributed by atoms with E-state index in [1.807, 2.05) is 0 Å². The normalized spacial score (nSPS) is 43.8. The van der Waals surface area contributed by atoms with E-state index >= 15 is 0 Å². The van der Waals surface area contributed by atoms with Crippen LogP contribution in [0, 0.1) is 6.61 Å². The summed E-state index contributed by atoms with van der Waals surface area (Å²) in [6.45, 7) is 2.63. The molecule has 4 nitrogen and oxygen atoms in total. The number of rotatable bonds is 1. The van der Waals surface area contributed by atoms with Gasteiger partial charge in [-0.05, 0) is 6.92 Å². The lowest BCUT2D eigenvalue weighted by Crippen LogP contribution is -2.36. The topological polar surface area (TPSA) is 69.9 Å². The molecule has 1 saturated heterocycles. The monoisotopic (exact) mass is 147 g/mol. The summed E-state index contributed by atoms with van der Waals surface area (Å²) in [6.07, 6.45) is -3.42. The van der Waals surface area contributed by atoms with E-state index < -0.39 is 24.4 Å². The minimum absolute atomic E-state index is 0.685. The van der Waals surface area contributed by atoms with Crippen molar-refractivity contribution in [1.82, 2.24) is 0 Å². The second-order valence-electron chi connectivity index (χ2n) is 2.46. The molecule has 1 heterocycles. The highest BCUT2D eigenvalue weighted by Gasteiger charge is 2.37. The minimum atomic E-state index is -1.00. The molecule has 0 aliphatic carbocycles. The number of aliphatic hydroxyl groups is 3. The highest BCUT2D eigenvalue weighted by Crippen LogP contribution is 2.19. The molecule has 1 rings (SSSR count). The summed E-state index contributed by atoms with van der Waals surface area (Å²) in [5.74, 6) is 0. The van der Waals surface area contributed by atoms with Crippen LogP contribution in [-0.4, -0.2) is 39.7 Å². The predicted molar refractivity (Wildman–Crippen MR) is 32.9 cm³/mol. The van der Waals surface area contributed by atoms with E-state index in [1.54, 1.807) is 0 Å². The highest BCUT2D eigenvalue weighted by atomic mass is 16.5. The lowest BCUT2D eigenvalue weighted by molar-refractivity contribution is -0.0383. The van der Waals surface area contributed by atoms with E-state index in [0.717, 1.165) is 6.61 Å². The second-order valence-corrected chi connectivity index (χ2v) is 2.46. The minimum Gasteiger partial charge on any atom is -0.391 e. The molecule has 4 heteroatoms. The van der Waals surface area contributed by atoms with Gasteiger partial charge in [0.1, 0.15) is 24.9 Å². The standard InChI is InChI=1S/C6H11O4/c1-3(7)6-5(9)4(8)2-10-6/h2-9H,1H3/t3-,4-,5-,6-/m1/s1. The van der Waals surface area contributed by atoms with Crippen LogP contribution < -0.4 is 0 Å². The van der Waals surface area contributed by atoms with Gasteiger partial charge in [0.2, 0.25) is 0 Å². The molecule has 0 amide bonds. The molecule has 0 aromatic carbocycles. The van der Waals surface area contributed by atoms with Gasteiger partial charge in [-0.3, -0.25) is 0 Å². The molecule has 1 radical (unpaired) electrons. The number of aliphatic hydroxyl groups excluding tert-OH is 3. The Labute approximate surface area is 59.1 Å². The van der Waals surface area contributed by atoms with Crippen molar-refractivity contribution < 1.29 is 20.1 Å². The largest absolute Gasteiger partial charge is 0.391 e. The van der Waals surface area contributed by atoms with Crippen molar-refractivity contribution >= 4 is 0 Å². The summed E-state index contributed by atoms with van der Waals surface area (Å²) >= 11 is 0. The summed E-state index contributed by atoms with van der Waals surface area (Å²) in [5.41, 5.74) is 0. The zero-order valence-electron chi connectivity index (χ0n) is 5.64. The number of hydrogen-bond donors (Lipinski definition) is 3. The van der Waals surface area contributed by atoms with Gasteiger partial charge < -0.3 is 20.1 Å². The van der Waals surface area contributed by atoms with E-state index in [-0.39, 0.29) is 0 Å². The summed E-state index contributed by atoms with van der Waals surface area (Å²) < 4.78 is 4.76. The first-order valence-electron chi connectivity index (χ1n) is 3.16. The Morgan fingerprint density at radius 1 is 1.50 bits per heavy atom. The summed E-state index contributed by atoms with van der Waals surface area (Å²) in [6, 6.07) is 0. The van der Waals surface area contributed by atoms with Gasteiger partial charge in [0.15, 0.2) is 0 Å². The van der Waals surface area contributed by atoms with Crippen molar-refractivity contribution in [2.45, 2.75) is 31.3 Å². The Kier molecular flexibility index (Phi) is 2.25. The average Bonchev–Trinajstić information content (AvgIpc) is 2.14. The van der Waals surface area contributed by atoms with Crippen molar-refractivity contribution in [3.63, 3.8) is 0 Å². The van der Waals surface area contributed by atoms with E-state index in [2.05, 4.69) is 0 Å². The van der Waals surface area contributed by atoms with Gasteiger partial charge in [0, 0.05) is 0 Å². The van der Waals surface area contributed by atoms with E-state index in [0.29, 0.717) is 0 Å². The van der Waals surface area contributed by atoms with Crippen molar-refractivity contribution in [1.29, 1.82) is 0 Å². The Bertz CT molecular complexity index is 114. The lowest BCUT2D eigenvalue weighted by atomic mass is 10.1. The molecule has 4 atom stereocenters. The number of ether oxygens (including phenoxy) is 1. The number of hydrogen-bond acceptors (Lipinski definition) is 4. The van der Waals surface area contributed by atoms with Crippen LogP contribution in [0.5, 0.6) is 0 Å². The predicted octanol–water partition coefficient (Wildman–Crippen LogP) is -1.35. The molecule has 1 aliphatic rings. The third-order valence-corrected chi connectivity index (χ3v) is 1.54. The molecule has 0 aromatic heterocycles. The Morgan fingerprint density at radius 3 is 2.30 bits per heavy atom. The summed E-state index contributed by atoms with van der Waals surface area (Å²) in [7, 11) is 0. The van der Waals surface area contributed by atoms with Crippen molar-refractivity contribution in [3.05, 3.63) is 6.61 Å². The molecule has 1 aliphatic heterocycles. The third kappa shape index (κ3) is 1.29. The fourth-order valence-electron chi connectivity index (χ4n) is 0.926. The van der Waals surface area contributed by atoms with Crippen molar-refractivity contribution in [2.24, 2.45) is 0 Å².